The minimum absolute atomic E-state index is 0.0106. The van der Waals surface area contributed by atoms with Gasteiger partial charge in [-0.2, -0.15) is 0 Å². The van der Waals surface area contributed by atoms with Crippen LogP contribution in [0.1, 0.15) is 17.3 Å². The number of ether oxygens (including phenoxy) is 1. The predicted octanol–water partition coefficient (Wildman–Crippen LogP) is 3.32. The van der Waals surface area contributed by atoms with Gasteiger partial charge in [0.25, 0.3) is 5.91 Å². The molecule has 0 aliphatic carbocycles. The Morgan fingerprint density at radius 1 is 1.24 bits per heavy atom. The van der Waals surface area contributed by atoms with E-state index < -0.39 is 17.5 Å². The van der Waals surface area contributed by atoms with Gasteiger partial charge in [-0.25, -0.2) is 8.78 Å². The van der Waals surface area contributed by atoms with E-state index in [1.54, 1.807) is 7.05 Å². The summed E-state index contributed by atoms with van der Waals surface area (Å²) in [5.74, 6) is -1.20. The number of anilines is 1. The van der Waals surface area contributed by atoms with Crippen LogP contribution in [0.15, 0.2) is 42.5 Å². The van der Waals surface area contributed by atoms with Crippen molar-refractivity contribution in [2.24, 2.45) is 0 Å². The van der Waals surface area contributed by atoms with Crippen LogP contribution in [0.4, 0.5) is 14.5 Å². The molecule has 0 unspecified atom stereocenters. The van der Waals surface area contributed by atoms with E-state index in [4.69, 9.17) is 4.74 Å². The van der Waals surface area contributed by atoms with E-state index in [1.807, 2.05) is 24.3 Å². The number of fused-ring (bicyclic) bond motifs is 1. The molecule has 0 aromatic heterocycles. The fourth-order valence-corrected chi connectivity index (χ4v) is 3.06. The minimum Gasteiger partial charge on any atom is -0.485 e. The van der Waals surface area contributed by atoms with Crippen LogP contribution >= 0.6 is 0 Å². The number of para-hydroxylation sites is 2. The molecule has 2 aromatic carbocycles. The number of hydrogen-bond donors (Lipinski definition) is 0. The first-order valence-corrected chi connectivity index (χ1v) is 8.20. The summed E-state index contributed by atoms with van der Waals surface area (Å²) in [4.78, 5) is 16.1. The highest BCUT2D eigenvalue weighted by molar-refractivity contribution is 5.94. The SMILES string of the molecule is CCN1C[C@@H](CN(C)C(=O)c2cc(F)cc(F)c2)Oc2ccccc21. The van der Waals surface area contributed by atoms with E-state index in [-0.39, 0.29) is 11.7 Å². The first-order chi connectivity index (χ1) is 12.0. The Hall–Kier alpha value is -2.63. The van der Waals surface area contributed by atoms with E-state index in [0.717, 1.165) is 36.2 Å². The average Bonchev–Trinajstić information content (AvgIpc) is 2.59. The maximum Gasteiger partial charge on any atom is 0.253 e. The fraction of sp³-hybridized carbons (Fsp3) is 0.316. The van der Waals surface area contributed by atoms with Crippen LogP contribution in [0, 0.1) is 11.6 Å². The summed E-state index contributed by atoms with van der Waals surface area (Å²) in [6, 6.07) is 10.6. The summed E-state index contributed by atoms with van der Waals surface area (Å²) in [6.07, 6.45) is -0.220. The summed E-state index contributed by atoms with van der Waals surface area (Å²) < 4.78 is 32.6. The van der Waals surface area contributed by atoms with Gasteiger partial charge in [0.05, 0.1) is 18.8 Å². The molecule has 6 heteroatoms. The van der Waals surface area contributed by atoms with E-state index in [1.165, 1.54) is 4.90 Å². The van der Waals surface area contributed by atoms with Gasteiger partial charge in [-0.15, -0.1) is 0 Å². The highest BCUT2D eigenvalue weighted by atomic mass is 19.1. The first-order valence-electron chi connectivity index (χ1n) is 8.20. The molecule has 1 amide bonds. The number of benzene rings is 2. The lowest BCUT2D eigenvalue weighted by molar-refractivity contribution is 0.0708. The van der Waals surface area contributed by atoms with E-state index >= 15 is 0 Å². The number of likely N-dealkylation sites (N-methyl/N-ethyl adjacent to an activating group) is 2. The Bertz CT molecular complexity index is 762. The molecule has 132 valence electrons. The quantitative estimate of drug-likeness (QED) is 0.851. The molecule has 4 nitrogen and oxygen atoms in total. The van der Waals surface area contributed by atoms with Crippen molar-refractivity contribution in [1.29, 1.82) is 0 Å². The van der Waals surface area contributed by atoms with Crippen LogP contribution in [0.3, 0.4) is 0 Å². The Morgan fingerprint density at radius 3 is 2.60 bits per heavy atom. The Kier molecular flexibility index (Phi) is 4.88. The van der Waals surface area contributed by atoms with E-state index in [9.17, 15) is 13.6 Å². The number of hydrogen-bond acceptors (Lipinski definition) is 3. The lowest BCUT2D eigenvalue weighted by Crippen LogP contribution is -2.46. The van der Waals surface area contributed by atoms with Gasteiger partial charge < -0.3 is 14.5 Å². The van der Waals surface area contributed by atoms with Gasteiger partial charge in [-0.05, 0) is 31.2 Å². The van der Waals surface area contributed by atoms with Crippen LogP contribution in [0.5, 0.6) is 5.75 Å². The van der Waals surface area contributed by atoms with Crippen LogP contribution in [-0.4, -0.2) is 43.6 Å². The molecule has 25 heavy (non-hydrogen) atoms. The first kappa shape index (κ1) is 17.2. The van der Waals surface area contributed by atoms with Crippen LogP contribution in [0.2, 0.25) is 0 Å². The smallest absolute Gasteiger partial charge is 0.253 e. The van der Waals surface area contributed by atoms with Gasteiger partial charge in [0, 0.05) is 25.2 Å². The second-order valence-corrected chi connectivity index (χ2v) is 6.09. The van der Waals surface area contributed by atoms with Crippen molar-refractivity contribution < 1.29 is 18.3 Å². The number of carbonyl (C=O) groups excluding carboxylic acids is 1. The predicted molar refractivity (Wildman–Crippen MR) is 92.1 cm³/mol. The molecule has 0 N–H and O–H groups in total. The molecule has 1 aliphatic heterocycles. The molecular weight excluding hydrogens is 326 g/mol. The maximum absolute atomic E-state index is 13.3. The van der Waals surface area contributed by atoms with Crippen molar-refractivity contribution in [3.63, 3.8) is 0 Å². The van der Waals surface area contributed by atoms with Gasteiger partial charge in [-0.1, -0.05) is 12.1 Å². The van der Waals surface area contributed by atoms with Crippen molar-refractivity contribution in [3.8, 4) is 5.75 Å². The van der Waals surface area contributed by atoms with Gasteiger partial charge in [0.2, 0.25) is 0 Å². The minimum atomic E-state index is -0.767. The lowest BCUT2D eigenvalue weighted by Gasteiger charge is -2.37. The Labute approximate surface area is 145 Å². The van der Waals surface area contributed by atoms with Crippen molar-refractivity contribution in [2.75, 3.05) is 31.6 Å². The Balaban J connectivity index is 1.73. The topological polar surface area (TPSA) is 32.8 Å². The molecular formula is C19H20F2N2O2. The maximum atomic E-state index is 13.3. The molecule has 0 saturated heterocycles. The van der Waals surface area contributed by atoms with Crippen LogP contribution < -0.4 is 9.64 Å². The van der Waals surface area contributed by atoms with Crippen LogP contribution in [-0.2, 0) is 0 Å². The number of halogens is 2. The average molecular weight is 346 g/mol. The zero-order valence-corrected chi connectivity index (χ0v) is 14.2. The molecule has 0 radical (unpaired) electrons. The summed E-state index contributed by atoms with van der Waals surface area (Å²) in [7, 11) is 1.60. The highest BCUT2D eigenvalue weighted by Gasteiger charge is 2.27. The Morgan fingerprint density at radius 2 is 1.92 bits per heavy atom. The number of carbonyl (C=O) groups is 1. The van der Waals surface area contributed by atoms with Crippen molar-refractivity contribution in [3.05, 3.63) is 59.7 Å². The monoisotopic (exact) mass is 346 g/mol. The third-order valence-corrected chi connectivity index (χ3v) is 4.24. The molecule has 1 aliphatic rings. The van der Waals surface area contributed by atoms with Crippen LogP contribution in [0.25, 0.3) is 0 Å². The summed E-state index contributed by atoms with van der Waals surface area (Å²) in [5.41, 5.74) is 1.02. The standard InChI is InChI=1S/C19H20F2N2O2/c1-3-23-12-16(25-18-7-5-4-6-17(18)23)11-22(2)19(24)13-8-14(20)10-15(21)9-13/h4-10,16H,3,11-12H2,1-2H3/t16-/m1/s1. The largest absolute Gasteiger partial charge is 0.485 e. The zero-order chi connectivity index (χ0) is 18.0. The molecule has 3 rings (SSSR count). The molecule has 0 bridgehead atoms. The van der Waals surface area contributed by atoms with Gasteiger partial charge in [-0.3, -0.25) is 4.79 Å². The van der Waals surface area contributed by atoms with E-state index in [0.29, 0.717) is 13.1 Å². The number of nitrogens with zero attached hydrogens (tertiary/aromatic N) is 2. The van der Waals surface area contributed by atoms with Gasteiger partial charge in [0.15, 0.2) is 0 Å². The van der Waals surface area contributed by atoms with E-state index in [2.05, 4.69) is 11.8 Å². The van der Waals surface area contributed by atoms with Crippen molar-refractivity contribution >= 4 is 11.6 Å². The van der Waals surface area contributed by atoms with Crippen molar-refractivity contribution in [1.82, 2.24) is 4.90 Å². The number of rotatable bonds is 4. The summed E-state index contributed by atoms with van der Waals surface area (Å²) in [6.45, 7) is 3.84. The molecule has 1 atom stereocenters. The van der Waals surface area contributed by atoms with Gasteiger partial charge in [0.1, 0.15) is 23.5 Å². The molecule has 0 fully saturated rings. The summed E-state index contributed by atoms with van der Waals surface area (Å²) >= 11 is 0. The second-order valence-electron chi connectivity index (χ2n) is 6.09. The molecule has 2 aromatic rings. The third-order valence-electron chi connectivity index (χ3n) is 4.24. The normalized spacial score (nSPS) is 16.2. The fourth-order valence-electron chi connectivity index (χ4n) is 3.06. The lowest BCUT2D eigenvalue weighted by atomic mass is 10.1. The molecule has 0 spiro atoms. The zero-order valence-electron chi connectivity index (χ0n) is 14.2. The second kappa shape index (κ2) is 7.09. The highest BCUT2D eigenvalue weighted by Crippen LogP contribution is 2.32. The summed E-state index contributed by atoms with van der Waals surface area (Å²) in [5, 5.41) is 0. The molecule has 0 saturated carbocycles. The van der Waals surface area contributed by atoms with Crippen molar-refractivity contribution in [2.45, 2.75) is 13.0 Å². The van der Waals surface area contributed by atoms with Gasteiger partial charge >= 0.3 is 0 Å². The number of amides is 1. The molecule has 1 heterocycles. The third kappa shape index (κ3) is 3.73.